The molecule has 2 aromatic rings. The third-order valence-electron chi connectivity index (χ3n) is 3.21. The first-order valence-electron chi connectivity index (χ1n) is 7.12. The Morgan fingerprint density at radius 1 is 1.09 bits per heavy atom. The molecule has 0 aromatic heterocycles. The molecule has 2 N–H and O–H groups in total. The maximum Gasteiger partial charge on any atom is 0.226 e. The predicted molar refractivity (Wildman–Crippen MR) is 88.9 cm³/mol. The summed E-state index contributed by atoms with van der Waals surface area (Å²) in [6.45, 7) is 0.488. The second-order valence-corrected chi connectivity index (χ2v) is 5.15. The van der Waals surface area contributed by atoms with Crippen LogP contribution in [0.3, 0.4) is 0 Å². The Bertz CT molecular complexity index is 626. The molecule has 4 nitrogen and oxygen atoms in total. The summed E-state index contributed by atoms with van der Waals surface area (Å²) in [7, 11) is 3.96. The van der Waals surface area contributed by atoms with Crippen molar-refractivity contribution in [2.24, 2.45) is 0 Å². The van der Waals surface area contributed by atoms with E-state index in [1.165, 1.54) is 6.07 Å². The zero-order valence-electron chi connectivity index (χ0n) is 12.8. The Hall–Kier alpha value is -2.56. The van der Waals surface area contributed by atoms with Crippen molar-refractivity contribution in [3.8, 4) is 0 Å². The molecule has 116 valence electrons. The smallest absolute Gasteiger partial charge is 0.226 e. The molecule has 2 aromatic carbocycles. The molecule has 0 aliphatic carbocycles. The zero-order valence-corrected chi connectivity index (χ0v) is 12.8. The van der Waals surface area contributed by atoms with Crippen LogP contribution in [0.4, 0.5) is 21.5 Å². The number of halogens is 1. The standard InChI is InChI=1S/C17H20FN3O/c1-21(2)14-9-7-13(8-10-14)19-12-11-17(22)20-16-6-4-3-5-15(16)18/h3-10,19H,11-12H2,1-2H3,(H,20,22). The molecule has 0 fully saturated rings. The normalized spacial score (nSPS) is 10.1. The number of amides is 1. The van der Waals surface area contributed by atoms with Gasteiger partial charge in [0.1, 0.15) is 5.82 Å². The van der Waals surface area contributed by atoms with E-state index in [0.29, 0.717) is 6.54 Å². The van der Waals surface area contributed by atoms with Gasteiger partial charge in [0.15, 0.2) is 0 Å². The average Bonchev–Trinajstić information content (AvgIpc) is 2.50. The van der Waals surface area contributed by atoms with Gasteiger partial charge in [0.05, 0.1) is 5.69 Å². The van der Waals surface area contributed by atoms with Crippen LogP contribution in [0.15, 0.2) is 48.5 Å². The minimum Gasteiger partial charge on any atom is -0.385 e. The molecule has 0 bridgehead atoms. The Morgan fingerprint density at radius 3 is 2.41 bits per heavy atom. The van der Waals surface area contributed by atoms with E-state index in [-0.39, 0.29) is 18.0 Å². The molecular formula is C17H20FN3O. The molecule has 0 aliphatic rings. The molecule has 22 heavy (non-hydrogen) atoms. The molecular weight excluding hydrogens is 281 g/mol. The number of carbonyl (C=O) groups is 1. The highest BCUT2D eigenvalue weighted by Gasteiger charge is 2.05. The van der Waals surface area contributed by atoms with E-state index in [2.05, 4.69) is 10.6 Å². The Balaban J connectivity index is 1.78. The van der Waals surface area contributed by atoms with Crippen molar-refractivity contribution in [3.63, 3.8) is 0 Å². The van der Waals surface area contributed by atoms with Gasteiger partial charge in [0, 0.05) is 38.4 Å². The fraction of sp³-hybridized carbons (Fsp3) is 0.235. The fourth-order valence-corrected chi connectivity index (χ4v) is 1.97. The number of hydrogen-bond acceptors (Lipinski definition) is 3. The van der Waals surface area contributed by atoms with Crippen LogP contribution in [0.25, 0.3) is 0 Å². The predicted octanol–water partition coefficient (Wildman–Crippen LogP) is 3.33. The number of nitrogens with one attached hydrogen (secondary N) is 2. The number of benzene rings is 2. The lowest BCUT2D eigenvalue weighted by atomic mass is 10.2. The summed E-state index contributed by atoms with van der Waals surface area (Å²) < 4.78 is 13.4. The van der Waals surface area contributed by atoms with Gasteiger partial charge in [-0.2, -0.15) is 0 Å². The van der Waals surface area contributed by atoms with E-state index < -0.39 is 5.82 Å². The van der Waals surface area contributed by atoms with Crippen LogP contribution in [-0.2, 0) is 4.79 Å². The van der Waals surface area contributed by atoms with Gasteiger partial charge in [-0.05, 0) is 36.4 Å². The summed E-state index contributed by atoms with van der Waals surface area (Å²) in [5.74, 6) is -0.648. The van der Waals surface area contributed by atoms with Crippen LogP contribution in [0.2, 0.25) is 0 Å². The number of nitrogens with zero attached hydrogens (tertiary/aromatic N) is 1. The molecule has 0 unspecified atom stereocenters. The van der Waals surface area contributed by atoms with Gasteiger partial charge in [-0.15, -0.1) is 0 Å². The average molecular weight is 301 g/mol. The van der Waals surface area contributed by atoms with Crippen LogP contribution in [0, 0.1) is 5.82 Å². The van der Waals surface area contributed by atoms with Crippen molar-refractivity contribution < 1.29 is 9.18 Å². The van der Waals surface area contributed by atoms with Gasteiger partial charge < -0.3 is 15.5 Å². The van der Waals surface area contributed by atoms with Crippen molar-refractivity contribution in [1.82, 2.24) is 0 Å². The second-order valence-electron chi connectivity index (χ2n) is 5.15. The summed E-state index contributed by atoms with van der Waals surface area (Å²) in [4.78, 5) is 13.8. The molecule has 0 spiro atoms. The highest BCUT2D eigenvalue weighted by atomic mass is 19.1. The SMILES string of the molecule is CN(C)c1ccc(NCCC(=O)Nc2ccccc2F)cc1. The summed E-state index contributed by atoms with van der Waals surface area (Å²) in [5, 5.41) is 5.73. The maximum atomic E-state index is 13.4. The fourth-order valence-electron chi connectivity index (χ4n) is 1.97. The molecule has 0 heterocycles. The van der Waals surface area contributed by atoms with Crippen LogP contribution in [-0.4, -0.2) is 26.5 Å². The van der Waals surface area contributed by atoms with Crippen LogP contribution in [0.5, 0.6) is 0 Å². The van der Waals surface area contributed by atoms with Gasteiger partial charge >= 0.3 is 0 Å². The number of hydrogen-bond donors (Lipinski definition) is 2. The van der Waals surface area contributed by atoms with Gasteiger partial charge in [0.25, 0.3) is 0 Å². The highest BCUT2D eigenvalue weighted by molar-refractivity contribution is 5.91. The molecule has 0 radical (unpaired) electrons. The maximum absolute atomic E-state index is 13.4. The number of carbonyl (C=O) groups excluding carboxylic acids is 1. The Morgan fingerprint density at radius 2 is 1.77 bits per heavy atom. The minimum absolute atomic E-state index is 0.211. The second kappa shape index (κ2) is 7.45. The van der Waals surface area contributed by atoms with Crippen molar-refractivity contribution in [1.29, 1.82) is 0 Å². The molecule has 0 saturated heterocycles. The Labute approximate surface area is 129 Å². The van der Waals surface area contributed by atoms with Crippen molar-refractivity contribution >= 4 is 23.0 Å². The lowest BCUT2D eigenvalue weighted by Crippen LogP contribution is -2.17. The van der Waals surface area contributed by atoms with Crippen LogP contribution in [0.1, 0.15) is 6.42 Å². The topological polar surface area (TPSA) is 44.4 Å². The lowest BCUT2D eigenvalue weighted by molar-refractivity contribution is -0.116. The summed E-state index contributed by atoms with van der Waals surface area (Å²) in [6.07, 6.45) is 0.268. The molecule has 2 rings (SSSR count). The van der Waals surface area contributed by atoms with Crippen molar-refractivity contribution in [3.05, 3.63) is 54.3 Å². The van der Waals surface area contributed by atoms with Crippen LogP contribution >= 0.6 is 0 Å². The van der Waals surface area contributed by atoms with Gasteiger partial charge in [-0.3, -0.25) is 4.79 Å². The Kier molecular flexibility index (Phi) is 5.36. The van der Waals surface area contributed by atoms with E-state index >= 15 is 0 Å². The van der Waals surface area contributed by atoms with Gasteiger partial charge in [-0.25, -0.2) is 4.39 Å². The van der Waals surface area contributed by atoms with Crippen LogP contribution < -0.4 is 15.5 Å². The first kappa shape index (κ1) is 15.8. The lowest BCUT2D eigenvalue weighted by Gasteiger charge is -2.13. The molecule has 1 amide bonds. The number of rotatable bonds is 6. The summed E-state index contributed by atoms with van der Waals surface area (Å²) >= 11 is 0. The molecule has 5 heteroatoms. The van der Waals surface area contributed by atoms with E-state index in [4.69, 9.17) is 0 Å². The third kappa shape index (κ3) is 4.48. The van der Waals surface area contributed by atoms with Crippen molar-refractivity contribution in [2.75, 3.05) is 36.2 Å². The van der Waals surface area contributed by atoms with E-state index in [1.54, 1.807) is 18.2 Å². The van der Waals surface area contributed by atoms with E-state index in [1.807, 2.05) is 43.3 Å². The first-order chi connectivity index (χ1) is 10.6. The summed E-state index contributed by atoms with van der Waals surface area (Å²) in [5.41, 5.74) is 2.27. The number of para-hydroxylation sites is 1. The van der Waals surface area contributed by atoms with Crippen molar-refractivity contribution in [2.45, 2.75) is 6.42 Å². The molecule has 0 saturated carbocycles. The van der Waals surface area contributed by atoms with Gasteiger partial charge in [0.2, 0.25) is 5.91 Å². The largest absolute Gasteiger partial charge is 0.385 e. The highest BCUT2D eigenvalue weighted by Crippen LogP contribution is 2.16. The van der Waals surface area contributed by atoms with E-state index in [9.17, 15) is 9.18 Å². The number of anilines is 3. The molecule has 0 aliphatic heterocycles. The first-order valence-corrected chi connectivity index (χ1v) is 7.12. The third-order valence-corrected chi connectivity index (χ3v) is 3.21. The quantitative estimate of drug-likeness (QED) is 0.860. The van der Waals surface area contributed by atoms with E-state index in [0.717, 1.165) is 11.4 Å². The van der Waals surface area contributed by atoms with Gasteiger partial charge in [-0.1, -0.05) is 12.1 Å². The minimum atomic E-state index is -0.428. The zero-order chi connectivity index (χ0) is 15.9. The molecule has 0 atom stereocenters. The monoisotopic (exact) mass is 301 g/mol. The summed E-state index contributed by atoms with van der Waals surface area (Å²) in [6, 6.07) is 14.1.